The lowest BCUT2D eigenvalue weighted by Gasteiger charge is -2.28. The summed E-state index contributed by atoms with van der Waals surface area (Å²) in [5, 5.41) is 0. The van der Waals surface area contributed by atoms with Crippen molar-refractivity contribution in [3.05, 3.63) is 29.8 Å². The quantitative estimate of drug-likeness (QED) is 0.403. The molecular formula is C17H15Br2NO3. The van der Waals surface area contributed by atoms with Gasteiger partial charge in [0, 0.05) is 15.2 Å². The molecule has 1 aromatic rings. The minimum atomic E-state index is -0.210. The Hall–Kier alpha value is -1.01. The average molecular weight is 441 g/mol. The Labute approximate surface area is 150 Å². The van der Waals surface area contributed by atoms with E-state index < -0.39 is 0 Å². The van der Waals surface area contributed by atoms with Crippen LogP contribution in [0.4, 0.5) is 5.69 Å². The summed E-state index contributed by atoms with van der Waals surface area (Å²) in [6.45, 7) is 1.50. The van der Waals surface area contributed by atoms with Crippen molar-refractivity contribution in [2.75, 3.05) is 4.90 Å². The Morgan fingerprint density at radius 3 is 1.91 bits per heavy atom. The van der Waals surface area contributed by atoms with Gasteiger partial charge in [0.05, 0.1) is 17.5 Å². The van der Waals surface area contributed by atoms with Gasteiger partial charge in [-0.25, -0.2) is 0 Å². The number of hydrogen-bond donors (Lipinski definition) is 0. The van der Waals surface area contributed by atoms with Crippen LogP contribution in [0.15, 0.2) is 24.3 Å². The zero-order valence-electron chi connectivity index (χ0n) is 12.4. The molecule has 0 unspecified atom stereocenters. The third-order valence-corrected chi connectivity index (χ3v) is 8.73. The van der Waals surface area contributed by atoms with Crippen molar-refractivity contribution < 1.29 is 14.4 Å². The van der Waals surface area contributed by atoms with Gasteiger partial charge in [0.15, 0.2) is 5.78 Å². The van der Waals surface area contributed by atoms with E-state index in [1.165, 1.54) is 11.8 Å². The fourth-order valence-corrected chi connectivity index (χ4v) is 6.32. The van der Waals surface area contributed by atoms with Gasteiger partial charge in [-0.15, -0.1) is 0 Å². The van der Waals surface area contributed by atoms with Crippen LogP contribution >= 0.6 is 31.9 Å². The molecule has 2 aliphatic carbocycles. The van der Waals surface area contributed by atoms with Gasteiger partial charge < -0.3 is 0 Å². The minimum Gasteiger partial charge on any atom is -0.295 e. The van der Waals surface area contributed by atoms with Crippen molar-refractivity contribution in [2.45, 2.75) is 23.0 Å². The molecule has 0 spiro atoms. The molecule has 23 heavy (non-hydrogen) atoms. The topological polar surface area (TPSA) is 54.5 Å². The predicted molar refractivity (Wildman–Crippen MR) is 92.9 cm³/mol. The molecule has 0 radical (unpaired) electrons. The standard InChI is InChI=1S/C17H15Br2NO3/c1-7(21)8-2-4-9(5-3-8)20-16(22)12-10-6-11(13(12)17(20)23)15(19)14(10)18/h2-5,10-15H,6H2,1H3/t10-,11-,12-,13+,14-,15+/m1/s1. The molecule has 4 rings (SSSR count). The smallest absolute Gasteiger partial charge is 0.238 e. The molecule has 1 saturated heterocycles. The van der Waals surface area contributed by atoms with E-state index in [0.717, 1.165) is 6.42 Å². The first-order valence-electron chi connectivity index (χ1n) is 7.68. The number of benzene rings is 1. The number of carbonyl (C=O) groups is 3. The summed E-state index contributed by atoms with van der Waals surface area (Å²) in [4.78, 5) is 38.9. The number of alkyl halides is 2. The Bertz CT molecular complexity index is 685. The van der Waals surface area contributed by atoms with Gasteiger partial charge in [0.25, 0.3) is 0 Å². The number of imide groups is 1. The number of nitrogens with zero attached hydrogens (tertiary/aromatic N) is 1. The van der Waals surface area contributed by atoms with E-state index in [1.807, 2.05) is 0 Å². The maximum absolute atomic E-state index is 12.9. The number of Topliss-reactive ketones (excluding diaryl/α,β-unsaturated/α-hetero) is 1. The van der Waals surface area contributed by atoms with Crippen LogP contribution in [0.5, 0.6) is 0 Å². The molecule has 0 aromatic heterocycles. The number of carbonyl (C=O) groups excluding carboxylic acids is 3. The van der Waals surface area contributed by atoms with Crippen LogP contribution in [-0.4, -0.2) is 27.3 Å². The largest absolute Gasteiger partial charge is 0.295 e. The fraction of sp³-hybridized carbons (Fsp3) is 0.471. The van der Waals surface area contributed by atoms with Gasteiger partial charge in [-0.1, -0.05) is 31.9 Å². The van der Waals surface area contributed by atoms with Crippen LogP contribution < -0.4 is 4.90 Å². The molecule has 0 N–H and O–H groups in total. The van der Waals surface area contributed by atoms with Crippen molar-refractivity contribution in [1.29, 1.82) is 0 Å². The molecule has 2 bridgehead atoms. The highest BCUT2D eigenvalue weighted by Crippen LogP contribution is 2.60. The molecule has 3 aliphatic rings. The monoisotopic (exact) mass is 439 g/mol. The lowest BCUT2D eigenvalue weighted by atomic mass is 9.81. The van der Waals surface area contributed by atoms with E-state index in [9.17, 15) is 14.4 Å². The second-order valence-electron chi connectivity index (χ2n) is 6.62. The van der Waals surface area contributed by atoms with E-state index >= 15 is 0 Å². The molecule has 4 nitrogen and oxygen atoms in total. The van der Waals surface area contributed by atoms with Crippen molar-refractivity contribution in [2.24, 2.45) is 23.7 Å². The summed E-state index contributed by atoms with van der Waals surface area (Å²) in [6, 6.07) is 6.71. The van der Waals surface area contributed by atoms with Gasteiger partial charge in [0.1, 0.15) is 0 Å². The normalized spacial score (nSPS) is 38.3. The molecule has 120 valence electrons. The number of ketones is 1. The van der Waals surface area contributed by atoms with Crippen LogP contribution in [0.25, 0.3) is 0 Å². The average Bonchev–Trinajstić information content (AvgIpc) is 3.12. The zero-order chi connectivity index (χ0) is 16.5. The number of halogens is 2. The molecular weight excluding hydrogens is 426 g/mol. The molecule has 3 fully saturated rings. The van der Waals surface area contributed by atoms with Gasteiger partial charge in [-0.05, 0) is 49.4 Å². The number of rotatable bonds is 2. The van der Waals surface area contributed by atoms with Crippen molar-refractivity contribution in [3.8, 4) is 0 Å². The van der Waals surface area contributed by atoms with E-state index in [1.54, 1.807) is 24.3 Å². The molecule has 1 aromatic carbocycles. The summed E-state index contributed by atoms with van der Waals surface area (Å²) >= 11 is 7.36. The lowest BCUT2D eigenvalue weighted by Crippen LogP contribution is -2.37. The van der Waals surface area contributed by atoms with Crippen LogP contribution in [0.1, 0.15) is 23.7 Å². The van der Waals surface area contributed by atoms with Gasteiger partial charge in [-0.3, -0.25) is 19.3 Å². The van der Waals surface area contributed by atoms with Crippen LogP contribution in [-0.2, 0) is 9.59 Å². The third-order valence-electron chi connectivity index (χ3n) is 5.52. The number of hydrogen-bond acceptors (Lipinski definition) is 3. The highest BCUT2D eigenvalue weighted by atomic mass is 79.9. The highest BCUT2D eigenvalue weighted by Gasteiger charge is 2.66. The summed E-state index contributed by atoms with van der Waals surface area (Å²) in [5.41, 5.74) is 1.14. The maximum atomic E-state index is 12.9. The van der Waals surface area contributed by atoms with E-state index in [-0.39, 0.29) is 50.9 Å². The van der Waals surface area contributed by atoms with Crippen LogP contribution in [0.2, 0.25) is 0 Å². The molecule has 2 saturated carbocycles. The summed E-state index contributed by atoms with van der Waals surface area (Å²) < 4.78 is 0. The fourth-order valence-electron chi connectivity index (χ4n) is 4.45. The van der Waals surface area contributed by atoms with Crippen molar-refractivity contribution >= 4 is 55.1 Å². The first-order chi connectivity index (χ1) is 10.9. The number of amides is 2. The molecule has 1 heterocycles. The van der Waals surface area contributed by atoms with Gasteiger partial charge in [0.2, 0.25) is 11.8 Å². The Morgan fingerprint density at radius 1 is 1.00 bits per heavy atom. The first kappa shape index (κ1) is 15.5. The summed E-state index contributed by atoms with van der Waals surface area (Å²) in [7, 11) is 0. The van der Waals surface area contributed by atoms with Crippen molar-refractivity contribution in [3.63, 3.8) is 0 Å². The third kappa shape index (κ3) is 2.03. The zero-order valence-corrected chi connectivity index (χ0v) is 15.6. The molecule has 6 heteroatoms. The second kappa shape index (κ2) is 5.24. The van der Waals surface area contributed by atoms with Crippen LogP contribution in [0, 0.1) is 23.7 Å². The predicted octanol–water partition coefficient (Wildman–Crippen LogP) is 3.17. The lowest BCUT2D eigenvalue weighted by molar-refractivity contribution is -0.123. The Kier molecular flexibility index (Phi) is 3.54. The first-order valence-corrected chi connectivity index (χ1v) is 9.52. The van der Waals surface area contributed by atoms with Gasteiger partial charge >= 0.3 is 0 Å². The van der Waals surface area contributed by atoms with Gasteiger partial charge in [-0.2, -0.15) is 0 Å². The van der Waals surface area contributed by atoms with E-state index in [4.69, 9.17) is 0 Å². The number of anilines is 1. The Balaban J connectivity index is 1.68. The van der Waals surface area contributed by atoms with E-state index in [2.05, 4.69) is 31.9 Å². The second-order valence-corrected chi connectivity index (χ2v) is 8.73. The van der Waals surface area contributed by atoms with E-state index in [0.29, 0.717) is 11.3 Å². The molecule has 1 aliphatic heterocycles. The van der Waals surface area contributed by atoms with Crippen molar-refractivity contribution in [1.82, 2.24) is 0 Å². The molecule has 6 atom stereocenters. The Morgan fingerprint density at radius 2 is 1.48 bits per heavy atom. The highest BCUT2D eigenvalue weighted by molar-refractivity contribution is 9.12. The van der Waals surface area contributed by atoms with Crippen LogP contribution in [0.3, 0.4) is 0 Å². The summed E-state index contributed by atoms with van der Waals surface area (Å²) in [6.07, 6.45) is 0.926. The number of fused-ring (bicyclic) bond motifs is 5. The maximum Gasteiger partial charge on any atom is 0.238 e. The minimum absolute atomic E-state index is 0.0326. The summed E-state index contributed by atoms with van der Waals surface area (Å²) in [5.74, 6) is -0.204. The SMILES string of the molecule is CC(=O)c1ccc(N2C(=O)[C@@H]3[C@H]4C[C@@H]([C@H](Br)[C@@H]4Br)[C@@H]3C2=O)cc1. The molecule has 2 amide bonds.